The number of aromatic nitrogens is 3. The molecule has 2 atom stereocenters. The Labute approximate surface area is 174 Å². The average Bonchev–Trinajstić information content (AvgIpc) is 3.02. The van der Waals surface area contributed by atoms with Crippen LogP contribution in [0.25, 0.3) is 5.65 Å². The van der Waals surface area contributed by atoms with Crippen LogP contribution in [-0.2, 0) is 4.74 Å². The summed E-state index contributed by atoms with van der Waals surface area (Å²) in [5.74, 6) is 0.394. The average molecular weight is 423 g/mol. The highest BCUT2D eigenvalue weighted by molar-refractivity contribution is 6.30. The summed E-state index contributed by atoms with van der Waals surface area (Å²) in [7, 11) is 1.55. The summed E-state index contributed by atoms with van der Waals surface area (Å²) in [4.78, 5) is 30.9. The number of aliphatic hydroxyl groups is 1. The van der Waals surface area contributed by atoms with Crippen molar-refractivity contribution in [3.63, 3.8) is 0 Å². The molecular weight excluding hydrogens is 396 g/mol. The topological polar surface area (TPSA) is 97.0 Å². The number of ether oxygens (including phenoxy) is 1. The Morgan fingerprint density at radius 3 is 2.76 bits per heavy atom. The van der Waals surface area contributed by atoms with Gasteiger partial charge in [0.2, 0.25) is 0 Å². The number of halogens is 1. The monoisotopic (exact) mass is 422 g/mol. The zero-order valence-corrected chi connectivity index (χ0v) is 17.9. The molecule has 1 saturated carbocycles. The summed E-state index contributed by atoms with van der Waals surface area (Å²) in [6.45, 7) is 5.34. The number of carbonyl (C=O) groups excluding carboxylic acids is 2. The lowest BCUT2D eigenvalue weighted by molar-refractivity contribution is 0.0587. The van der Waals surface area contributed by atoms with Crippen LogP contribution in [0, 0.1) is 5.92 Å². The Balaban J connectivity index is 1.88. The van der Waals surface area contributed by atoms with Crippen LogP contribution in [0.1, 0.15) is 63.2 Å². The number of hydrogen-bond donors (Lipinski definition) is 1. The molecule has 2 heterocycles. The Kier molecular flexibility index (Phi) is 6.14. The lowest BCUT2D eigenvalue weighted by atomic mass is 9.83. The van der Waals surface area contributed by atoms with E-state index in [4.69, 9.17) is 16.3 Å². The highest BCUT2D eigenvalue weighted by atomic mass is 35.5. The van der Waals surface area contributed by atoms with Gasteiger partial charge in [-0.25, -0.2) is 9.78 Å². The van der Waals surface area contributed by atoms with E-state index in [1.807, 2.05) is 0 Å². The van der Waals surface area contributed by atoms with Gasteiger partial charge in [0.05, 0.1) is 17.9 Å². The Bertz CT molecular complexity index is 921. The molecule has 1 N–H and O–H groups in total. The van der Waals surface area contributed by atoms with E-state index in [0.717, 1.165) is 19.3 Å². The molecule has 0 aromatic carbocycles. The fourth-order valence-electron chi connectivity index (χ4n) is 3.60. The molecule has 0 bridgehead atoms. The minimum absolute atomic E-state index is 0.0975. The quantitative estimate of drug-likeness (QED) is 0.593. The van der Waals surface area contributed by atoms with E-state index in [9.17, 15) is 14.7 Å². The largest absolute Gasteiger partial charge is 0.443 e. The first-order valence-corrected chi connectivity index (χ1v) is 10.1. The predicted octanol–water partition coefficient (Wildman–Crippen LogP) is 3.88. The molecule has 158 valence electrons. The first-order valence-electron chi connectivity index (χ1n) is 9.77. The van der Waals surface area contributed by atoms with Crippen molar-refractivity contribution in [3.8, 4) is 0 Å². The highest BCUT2D eigenvalue weighted by Crippen LogP contribution is 2.29. The molecule has 3 rings (SSSR count). The van der Waals surface area contributed by atoms with Gasteiger partial charge in [-0.3, -0.25) is 9.69 Å². The summed E-state index contributed by atoms with van der Waals surface area (Å²) in [5, 5.41) is 14.3. The molecule has 0 aliphatic heterocycles. The van der Waals surface area contributed by atoms with Gasteiger partial charge >= 0.3 is 6.09 Å². The molecule has 2 aromatic heterocycles. The molecule has 1 fully saturated rings. The zero-order chi connectivity index (χ0) is 21.3. The molecule has 1 aliphatic carbocycles. The highest BCUT2D eigenvalue weighted by Gasteiger charge is 2.27. The van der Waals surface area contributed by atoms with Gasteiger partial charge in [-0.1, -0.05) is 18.0 Å². The van der Waals surface area contributed by atoms with Crippen molar-refractivity contribution < 1.29 is 19.4 Å². The van der Waals surface area contributed by atoms with Crippen molar-refractivity contribution in [1.29, 1.82) is 0 Å². The zero-order valence-electron chi connectivity index (χ0n) is 17.2. The Morgan fingerprint density at radius 2 is 2.10 bits per heavy atom. The number of hydrogen-bond acceptors (Lipinski definition) is 6. The van der Waals surface area contributed by atoms with E-state index in [1.54, 1.807) is 27.8 Å². The normalized spacial score (nSPS) is 19.9. The number of anilines is 1. The molecule has 0 saturated heterocycles. The summed E-state index contributed by atoms with van der Waals surface area (Å²) in [5.41, 5.74) is -0.00690. The van der Waals surface area contributed by atoms with Crippen molar-refractivity contribution in [2.75, 3.05) is 11.9 Å². The van der Waals surface area contributed by atoms with Crippen LogP contribution in [0.3, 0.4) is 0 Å². The molecule has 0 radical (unpaired) electrons. The van der Waals surface area contributed by atoms with Gasteiger partial charge in [0.15, 0.2) is 11.4 Å². The summed E-state index contributed by atoms with van der Waals surface area (Å²) in [6.07, 6.45) is 4.13. The predicted molar refractivity (Wildman–Crippen MR) is 110 cm³/mol. The summed E-state index contributed by atoms with van der Waals surface area (Å²) >= 11 is 6.17. The number of ketones is 1. The number of aliphatic hydroxyl groups excluding tert-OH is 1. The van der Waals surface area contributed by atoms with Crippen molar-refractivity contribution in [2.45, 2.75) is 64.6 Å². The van der Waals surface area contributed by atoms with E-state index in [0.29, 0.717) is 29.9 Å². The van der Waals surface area contributed by atoms with E-state index in [1.165, 1.54) is 21.7 Å². The maximum atomic E-state index is 12.9. The van der Waals surface area contributed by atoms with Gasteiger partial charge in [0.25, 0.3) is 0 Å². The Morgan fingerprint density at radius 1 is 1.38 bits per heavy atom. The SMILES string of the molecule is CN(C(=O)OC(C)(C)C)c1cc(Cl)nc2c(C(=O)CC3CCC[C@@H](O)C3)cnn12. The van der Waals surface area contributed by atoms with Crippen LogP contribution >= 0.6 is 11.6 Å². The van der Waals surface area contributed by atoms with Crippen molar-refractivity contribution in [3.05, 3.63) is 23.0 Å². The summed E-state index contributed by atoms with van der Waals surface area (Å²) in [6, 6.07) is 1.50. The molecule has 1 unspecified atom stereocenters. The lowest BCUT2D eigenvalue weighted by Crippen LogP contribution is -2.35. The number of fused-ring (bicyclic) bond motifs is 1. The molecular formula is C20H27ClN4O4. The second-order valence-electron chi connectivity index (χ2n) is 8.58. The third kappa shape index (κ3) is 5.05. The summed E-state index contributed by atoms with van der Waals surface area (Å²) < 4.78 is 6.81. The van der Waals surface area contributed by atoms with Gasteiger partial charge in [0, 0.05) is 19.5 Å². The van der Waals surface area contributed by atoms with E-state index >= 15 is 0 Å². The second kappa shape index (κ2) is 8.28. The third-order valence-electron chi connectivity index (χ3n) is 4.96. The van der Waals surface area contributed by atoms with Gasteiger partial charge in [-0.2, -0.15) is 9.61 Å². The molecule has 29 heavy (non-hydrogen) atoms. The Hall–Kier alpha value is -2.19. The molecule has 2 aromatic rings. The maximum Gasteiger partial charge on any atom is 0.415 e. The third-order valence-corrected chi connectivity index (χ3v) is 5.16. The van der Waals surface area contributed by atoms with E-state index < -0.39 is 11.7 Å². The van der Waals surface area contributed by atoms with Gasteiger partial charge < -0.3 is 9.84 Å². The van der Waals surface area contributed by atoms with Crippen molar-refractivity contribution in [2.24, 2.45) is 5.92 Å². The first-order chi connectivity index (χ1) is 13.5. The molecule has 1 amide bonds. The molecule has 1 aliphatic rings. The lowest BCUT2D eigenvalue weighted by Gasteiger charge is -2.25. The number of carbonyl (C=O) groups is 2. The minimum atomic E-state index is -0.656. The van der Waals surface area contributed by atoms with Crippen LogP contribution in [0.15, 0.2) is 12.3 Å². The van der Waals surface area contributed by atoms with Crippen LogP contribution in [-0.4, -0.2) is 50.3 Å². The minimum Gasteiger partial charge on any atom is -0.443 e. The van der Waals surface area contributed by atoms with Crippen molar-refractivity contribution in [1.82, 2.24) is 14.6 Å². The number of amides is 1. The van der Waals surface area contributed by atoms with Crippen LogP contribution in [0.4, 0.5) is 10.6 Å². The van der Waals surface area contributed by atoms with Gasteiger partial charge in [0.1, 0.15) is 16.6 Å². The number of Topliss-reactive ketones (excluding diaryl/α,β-unsaturated/α-hetero) is 1. The van der Waals surface area contributed by atoms with Crippen LogP contribution < -0.4 is 4.90 Å². The number of rotatable bonds is 4. The van der Waals surface area contributed by atoms with Crippen LogP contribution in [0.2, 0.25) is 5.15 Å². The molecule has 8 nitrogen and oxygen atoms in total. The second-order valence-corrected chi connectivity index (χ2v) is 8.97. The molecule has 0 spiro atoms. The fourth-order valence-corrected chi connectivity index (χ4v) is 3.78. The maximum absolute atomic E-state index is 12.9. The fraction of sp³-hybridized carbons (Fsp3) is 0.600. The van der Waals surface area contributed by atoms with Gasteiger partial charge in [-0.05, 0) is 46.0 Å². The first kappa shape index (κ1) is 21.5. The van der Waals surface area contributed by atoms with Crippen LogP contribution in [0.5, 0.6) is 0 Å². The van der Waals surface area contributed by atoms with E-state index in [-0.39, 0.29) is 23.0 Å². The molecule has 9 heteroatoms. The van der Waals surface area contributed by atoms with E-state index in [2.05, 4.69) is 10.1 Å². The standard InChI is InChI=1S/C20H27ClN4O4/c1-20(2,3)29-19(28)24(4)17-10-16(21)23-18-14(11-22-25(17)18)15(27)9-12-6-5-7-13(26)8-12/h10-13,26H,5-9H2,1-4H3/t12?,13-/m1/s1. The smallest absolute Gasteiger partial charge is 0.415 e. The van der Waals surface area contributed by atoms with Crippen molar-refractivity contribution >= 4 is 34.9 Å². The van der Waals surface area contributed by atoms with Gasteiger partial charge in [-0.15, -0.1) is 0 Å². The number of nitrogens with zero attached hydrogens (tertiary/aromatic N) is 4.